The number of sulfonamides is 2. The fraction of sp³-hybridized carbons (Fsp3) is 0.368. The van der Waals surface area contributed by atoms with Crippen molar-refractivity contribution in [3.8, 4) is 5.75 Å². The predicted molar refractivity (Wildman–Crippen MR) is 220 cm³/mol. The SMILES string of the molecule is COc1cc(F)c(F)c(Nc2ccc(I)cc2F)c1NS(=O)(=O)C1(CC(O)CO)CC1.Cc1ccc(Nc2c(F)c(F)cc(F)c2NS(=O)(=O)C2(CC(O)CO)CC2)c(F)c1. The number of nitrogens with one attached hydrogen (secondary N) is 4. The molecule has 2 atom stereocenters. The number of hydrogen-bond acceptors (Lipinski definition) is 11. The van der Waals surface area contributed by atoms with Crippen LogP contribution in [0.1, 0.15) is 44.1 Å². The molecule has 0 radical (unpaired) electrons. The molecule has 0 amide bonds. The highest BCUT2D eigenvalue weighted by Crippen LogP contribution is 2.51. The molecule has 23 heteroatoms. The van der Waals surface area contributed by atoms with Crippen LogP contribution in [0.5, 0.6) is 5.75 Å². The fourth-order valence-corrected chi connectivity index (χ4v) is 10.2. The van der Waals surface area contributed by atoms with Crippen LogP contribution < -0.4 is 24.8 Å². The molecule has 0 saturated heterocycles. The molecule has 2 fully saturated rings. The molecule has 0 spiro atoms. The average molecular weight is 1020 g/mol. The van der Waals surface area contributed by atoms with Gasteiger partial charge in [0.2, 0.25) is 20.0 Å². The van der Waals surface area contributed by atoms with Crippen LogP contribution in [-0.2, 0) is 20.0 Å². The number of ether oxygens (including phenoxy) is 1. The van der Waals surface area contributed by atoms with Crippen LogP contribution in [0, 0.1) is 51.2 Å². The van der Waals surface area contributed by atoms with Crippen LogP contribution >= 0.6 is 22.6 Å². The summed E-state index contributed by atoms with van der Waals surface area (Å²) in [6, 6.07) is 8.62. The molecule has 13 nitrogen and oxygen atoms in total. The van der Waals surface area contributed by atoms with E-state index < -0.39 is 118 Å². The second-order valence-electron chi connectivity index (χ2n) is 14.5. The van der Waals surface area contributed by atoms with Crippen LogP contribution in [0.15, 0.2) is 48.5 Å². The van der Waals surface area contributed by atoms with Crippen molar-refractivity contribution in [2.24, 2.45) is 0 Å². The molecule has 2 unspecified atom stereocenters. The third-order valence-corrected chi connectivity index (χ3v) is 15.1. The molecule has 61 heavy (non-hydrogen) atoms. The van der Waals surface area contributed by atoms with E-state index in [1.165, 1.54) is 24.3 Å². The van der Waals surface area contributed by atoms with E-state index in [0.29, 0.717) is 15.2 Å². The van der Waals surface area contributed by atoms with Crippen LogP contribution in [0.2, 0.25) is 0 Å². The van der Waals surface area contributed by atoms with E-state index in [0.717, 1.165) is 19.2 Å². The van der Waals surface area contributed by atoms with Gasteiger partial charge in [-0.3, -0.25) is 9.44 Å². The van der Waals surface area contributed by atoms with Crippen molar-refractivity contribution < 1.29 is 72.7 Å². The number of methoxy groups -OCH3 is 1. The number of halogens is 8. The van der Waals surface area contributed by atoms with Gasteiger partial charge in [0, 0.05) is 15.7 Å². The smallest absolute Gasteiger partial charge is 0.238 e. The first-order valence-electron chi connectivity index (χ1n) is 18.1. The monoisotopic (exact) mass is 1020 g/mol. The minimum absolute atomic E-state index is 0.125. The van der Waals surface area contributed by atoms with Crippen molar-refractivity contribution in [1.29, 1.82) is 0 Å². The lowest BCUT2D eigenvalue weighted by Gasteiger charge is -2.23. The maximum absolute atomic E-state index is 14.7. The molecule has 6 rings (SSSR count). The summed E-state index contributed by atoms with van der Waals surface area (Å²) in [5.41, 5.74) is -2.91. The molecular weight excluding hydrogens is 980 g/mol. The molecule has 334 valence electrons. The summed E-state index contributed by atoms with van der Waals surface area (Å²) >= 11 is 1.88. The first-order chi connectivity index (χ1) is 28.5. The Bertz CT molecular complexity index is 2520. The summed E-state index contributed by atoms with van der Waals surface area (Å²) in [6.07, 6.45) is -2.47. The quantitative estimate of drug-likeness (QED) is 0.0314. The maximum Gasteiger partial charge on any atom is 0.238 e. The Hall–Kier alpha value is -4.14. The Morgan fingerprint density at radius 1 is 0.639 bits per heavy atom. The second kappa shape index (κ2) is 18.7. The van der Waals surface area contributed by atoms with Gasteiger partial charge in [0.15, 0.2) is 29.1 Å². The van der Waals surface area contributed by atoms with E-state index in [2.05, 4.69) is 15.4 Å². The van der Waals surface area contributed by atoms with Crippen molar-refractivity contribution in [1.82, 2.24) is 0 Å². The lowest BCUT2D eigenvalue weighted by molar-refractivity contribution is 0.0858. The first-order valence-corrected chi connectivity index (χ1v) is 22.2. The summed E-state index contributed by atoms with van der Waals surface area (Å²) < 4.78 is 159. The van der Waals surface area contributed by atoms with Gasteiger partial charge in [-0.2, -0.15) is 0 Å². The van der Waals surface area contributed by atoms with E-state index in [1.807, 2.05) is 27.3 Å². The summed E-state index contributed by atoms with van der Waals surface area (Å²) in [5.74, 6) is -9.29. The minimum atomic E-state index is -4.37. The van der Waals surface area contributed by atoms with Gasteiger partial charge in [-0.1, -0.05) is 6.07 Å². The fourth-order valence-electron chi connectivity index (χ4n) is 6.29. The van der Waals surface area contributed by atoms with E-state index in [4.69, 9.17) is 14.9 Å². The Morgan fingerprint density at radius 3 is 1.52 bits per heavy atom. The largest absolute Gasteiger partial charge is 0.494 e. The van der Waals surface area contributed by atoms with Gasteiger partial charge in [-0.05, 0) is 104 Å². The van der Waals surface area contributed by atoms with Gasteiger partial charge in [0.05, 0.1) is 53.4 Å². The molecular formula is C38H40F7IN4O9S2. The number of rotatable bonds is 17. The van der Waals surface area contributed by atoms with E-state index in [1.54, 1.807) is 6.92 Å². The zero-order valence-corrected chi connectivity index (χ0v) is 35.9. The van der Waals surface area contributed by atoms with Crippen LogP contribution in [-0.4, -0.2) is 79.3 Å². The van der Waals surface area contributed by atoms with Gasteiger partial charge in [0.1, 0.15) is 40.1 Å². The first kappa shape index (κ1) is 47.9. The standard InChI is InChI=1S/C19H20F4N2O4S.C19H20F3IN2O5S/c1-10-2-3-15(12(20)6-10)24-18-16(23)13(21)7-14(22)17(18)25-30(28,29)19(4-5-19)8-11(27)9-26;1-30-15-7-13(21)16(22)18(24-14-3-2-10(23)6-12(14)20)17(15)25-31(28,29)19(4-5-19)8-11(27)9-26/h2-3,6-7,11,24-27H,4-5,8-9H2,1H3;2-3,6-7,11,24-27H,4-5,8-9H2,1H3. The number of aliphatic hydroxyl groups is 4. The van der Waals surface area contributed by atoms with Gasteiger partial charge >= 0.3 is 0 Å². The highest BCUT2D eigenvalue weighted by molar-refractivity contribution is 14.1. The number of benzene rings is 4. The molecule has 2 saturated carbocycles. The van der Waals surface area contributed by atoms with Gasteiger partial charge < -0.3 is 35.8 Å². The Morgan fingerprint density at radius 2 is 1.08 bits per heavy atom. The highest BCUT2D eigenvalue weighted by Gasteiger charge is 2.57. The van der Waals surface area contributed by atoms with Crippen LogP contribution in [0.25, 0.3) is 0 Å². The predicted octanol–water partition coefficient (Wildman–Crippen LogP) is 6.79. The van der Waals surface area contributed by atoms with Crippen molar-refractivity contribution in [2.45, 2.75) is 67.2 Å². The zero-order chi connectivity index (χ0) is 45.2. The summed E-state index contributed by atoms with van der Waals surface area (Å²) in [7, 11) is -7.46. The topological polar surface area (TPSA) is 207 Å². The lowest BCUT2D eigenvalue weighted by atomic mass is 10.2. The molecule has 0 aliphatic heterocycles. The van der Waals surface area contributed by atoms with Crippen LogP contribution in [0.4, 0.5) is 64.9 Å². The number of anilines is 6. The van der Waals surface area contributed by atoms with E-state index in [9.17, 15) is 57.8 Å². The Balaban J connectivity index is 0.000000231. The molecule has 2 aliphatic rings. The van der Waals surface area contributed by atoms with Gasteiger partial charge in [0.25, 0.3) is 0 Å². The highest BCUT2D eigenvalue weighted by atomic mass is 127. The minimum Gasteiger partial charge on any atom is -0.494 e. The molecule has 0 heterocycles. The number of hydrogen-bond donors (Lipinski definition) is 8. The molecule has 0 aromatic heterocycles. The average Bonchev–Trinajstić information content (AvgIpc) is 4.14. The summed E-state index contributed by atoms with van der Waals surface area (Å²) in [5, 5.41) is 42.0. The van der Waals surface area contributed by atoms with Crippen molar-refractivity contribution in [3.63, 3.8) is 0 Å². The molecule has 4 aromatic rings. The molecule has 8 N–H and O–H groups in total. The molecule has 2 aliphatic carbocycles. The van der Waals surface area contributed by atoms with E-state index in [-0.39, 0.29) is 61.7 Å². The van der Waals surface area contributed by atoms with Gasteiger partial charge in [-0.25, -0.2) is 47.6 Å². The van der Waals surface area contributed by atoms with Gasteiger partial charge in [-0.15, -0.1) is 0 Å². The van der Waals surface area contributed by atoms with Crippen LogP contribution in [0.3, 0.4) is 0 Å². The van der Waals surface area contributed by atoms with Crippen molar-refractivity contribution in [2.75, 3.05) is 40.4 Å². The maximum atomic E-state index is 14.7. The Labute approximate surface area is 359 Å². The number of aliphatic hydroxyl groups excluding tert-OH is 4. The summed E-state index contributed by atoms with van der Waals surface area (Å²) in [6.45, 7) is 0.311. The molecule has 0 bridgehead atoms. The number of aryl methyl sites for hydroxylation is 1. The Kier molecular flexibility index (Phi) is 14.7. The third-order valence-electron chi connectivity index (χ3n) is 10.0. The summed E-state index contributed by atoms with van der Waals surface area (Å²) in [4.78, 5) is 0. The zero-order valence-electron chi connectivity index (χ0n) is 32.1. The molecule has 4 aromatic carbocycles. The second-order valence-corrected chi connectivity index (χ2v) is 19.9. The third kappa shape index (κ3) is 10.6. The van der Waals surface area contributed by atoms with Crippen molar-refractivity contribution >= 4 is 76.8 Å². The normalized spacial score (nSPS) is 16.1. The lowest BCUT2D eigenvalue weighted by Crippen LogP contribution is -2.34. The van der Waals surface area contributed by atoms with E-state index >= 15 is 0 Å². The van der Waals surface area contributed by atoms with Crippen molar-refractivity contribution in [3.05, 3.63) is 98.4 Å².